The molecule has 1 aromatic heterocycles. The summed E-state index contributed by atoms with van der Waals surface area (Å²) in [6.45, 7) is 3.67. The van der Waals surface area contributed by atoms with E-state index in [4.69, 9.17) is 19.1 Å². The molecule has 1 aromatic rings. The second-order valence-electron chi connectivity index (χ2n) is 4.45. The first kappa shape index (κ1) is 14.0. The standard InChI is InChI=1S/C12H18N2O5/c1-2-18-12(5-7-17-8-6-12)11-13-9(19-14-11)3-4-10(15)16/h2-8H2,1H3,(H,15,16). The van der Waals surface area contributed by atoms with Crippen LogP contribution < -0.4 is 0 Å². The van der Waals surface area contributed by atoms with Crippen LogP contribution in [0.15, 0.2) is 4.52 Å². The molecule has 106 valence electrons. The van der Waals surface area contributed by atoms with Gasteiger partial charge in [0.2, 0.25) is 11.7 Å². The number of hydrogen-bond acceptors (Lipinski definition) is 6. The molecule has 1 saturated heterocycles. The van der Waals surface area contributed by atoms with E-state index in [1.165, 1.54) is 0 Å². The second kappa shape index (κ2) is 6.12. The lowest BCUT2D eigenvalue weighted by molar-refractivity contribution is -0.137. The maximum Gasteiger partial charge on any atom is 0.303 e. The SMILES string of the molecule is CCOC1(c2noc(CCC(=O)O)n2)CCOCC1. The van der Waals surface area contributed by atoms with Crippen molar-refractivity contribution in [1.29, 1.82) is 0 Å². The van der Waals surface area contributed by atoms with Crippen molar-refractivity contribution >= 4 is 5.97 Å². The number of ether oxygens (including phenoxy) is 2. The number of nitrogens with zero attached hydrogens (tertiary/aromatic N) is 2. The largest absolute Gasteiger partial charge is 0.481 e. The van der Waals surface area contributed by atoms with Gasteiger partial charge >= 0.3 is 5.97 Å². The smallest absolute Gasteiger partial charge is 0.303 e. The van der Waals surface area contributed by atoms with Gasteiger partial charge < -0.3 is 19.1 Å². The quantitative estimate of drug-likeness (QED) is 0.827. The van der Waals surface area contributed by atoms with E-state index in [1.807, 2.05) is 6.92 Å². The number of aliphatic carboxylic acids is 1. The Labute approximate surface area is 110 Å². The fourth-order valence-electron chi connectivity index (χ4n) is 2.17. The number of rotatable bonds is 6. The zero-order chi connectivity index (χ0) is 13.7. The molecule has 2 heterocycles. The summed E-state index contributed by atoms with van der Waals surface area (Å²) in [5.74, 6) is -0.0497. The molecule has 0 aliphatic carbocycles. The van der Waals surface area contributed by atoms with Gasteiger partial charge in [0, 0.05) is 39.1 Å². The van der Waals surface area contributed by atoms with Crippen molar-refractivity contribution in [3.8, 4) is 0 Å². The molecular formula is C12H18N2O5. The van der Waals surface area contributed by atoms with Crippen LogP contribution >= 0.6 is 0 Å². The number of hydrogen-bond donors (Lipinski definition) is 1. The minimum Gasteiger partial charge on any atom is -0.481 e. The van der Waals surface area contributed by atoms with Crippen molar-refractivity contribution in [2.75, 3.05) is 19.8 Å². The molecule has 0 spiro atoms. The molecule has 19 heavy (non-hydrogen) atoms. The van der Waals surface area contributed by atoms with Gasteiger partial charge in [-0.2, -0.15) is 4.98 Å². The lowest BCUT2D eigenvalue weighted by atomic mass is 9.93. The first-order chi connectivity index (χ1) is 9.16. The lowest BCUT2D eigenvalue weighted by Crippen LogP contribution is -2.37. The van der Waals surface area contributed by atoms with Crippen LogP contribution in [0.2, 0.25) is 0 Å². The minimum absolute atomic E-state index is 0.0214. The van der Waals surface area contributed by atoms with Crippen LogP contribution in [0.1, 0.15) is 37.9 Å². The number of carboxylic acid groups (broad SMARTS) is 1. The predicted molar refractivity (Wildman–Crippen MR) is 63.6 cm³/mol. The number of aryl methyl sites for hydroxylation is 1. The molecule has 1 fully saturated rings. The first-order valence-corrected chi connectivity index (χ1v) is 6.43. The van der Waals surface area contributed by atoms with Gasteiger partial charge in [0.15, 0.2) is 0 Å². The van der Waals surface area contributed by atoms with Crippen LogP contribution in [0.3, 0.4) is 0 Å². The van der Waals surface area contributed by atoms with E-state index in [0.717, 1.165) is 0 Å². The molecule has 0 aromatic carbocycles. The van der Waals surface area contributed by atoms with Crippen LogP contribution in [0.5, 0.6) is 0 Å². The van der Waals surface area contributed by atoms with Gasteiger partial charge in [-0.05, 0) is 6.92 Å². The molecule has 0 bridgehead atoms. The average Bonchev–Trinajstić information content (AvgIpc) is 2.87. The summed E-state index contributed by atoms with van der Waals surface area (Å²) in [6.07, 6.45) is 1.57. The van der Waals surface area contributed by atoms with Crippen molar-refractivity contribution in [2.45, 2.75) is 38.2 Å². The Morgan fingerprint density at radius 1 is 1.47 bits per heavy atom. The van der Waals surface area contributed by atoms with E-state index in [-0.39, 0.29) is 12.8 Å². The third-order valence-electron chi connectivity index (χ3n) is 3.15. The molecule has 1 aliphatic rings. The first-order valence-electron chi connectivity index (χ1n) is 6.43. The molecule has 0 atom stereocenters. The van der Waals surface area contributed by atoms with Crippen molar-refractivity contribution in [3.63, 3.8) is 0 Å². The summed E-state index contributed by atoms with van der Waals surface area (Å²) in [5.41, 5.74) is -0.558. The van der Waals surface area contributed by atoms with Gasteiger partial charge in [-0.1, -0.05) is 5.16 Å². The number of aromatic nitrogens is 2. The molecule has 1 aliphatic heterocycles. The molecule has 1 N–H and O–H groups in total. The summed E-state index contributed by atoms with van der Waals surface area (Å²) in [5, 5.41) is 12.6. The van der Waals surface area contributed by atoms with Crippen molar-refractivity contribution in [3.05, 3.63) is 11.7 Å². The molecule has 7 nitrogen and oxygen atoms in total. The Bertz CT molecular complexity index is 420. The van der Waals surface area contributed by atoms with Crippen LogP contribution in [0.4, 0.5) is 0 Å². The molecule has 0 unspecified atom stereocenters. The third kappa shape index (κ3) is 3.30. The highest BCUT2D eigenvalue weighted by atomic mass is 16.5. The van der Waals surface area contributed by atoms with E-state index in [9.17, 15) is 4.79 Å². The Hall–Kier alpha value is -1.47. The summed E-state index contributed by atoms with van der Waals surface area (Å²) >= 11 is 0. The van der Waals surface area contributed by atoms with Crippen LogP contribution in [-0.2, 0) is 26.3 Å². The van der Waals surface area contributed by atoms with Gasteiger partial charge in [0.05, 0.1) is 6.42 Å². The van der Waals surface area contributed by atoms with Crippen molar-refractivity contribution < 1.29 is 23.9 Å². The second-order valence-corrected chi connectivity index (χ2v) is 4.45. The number of carboxylic acids is 1. The third-order valence-corrected chi connectivity index (χ3v) is 3.15. The highest BCUT2D eigenvalue weighted by Crippen LogP contribution is 2.34. The Morgan fingerprint density at radius 2 is 2.21 bits per heavy atom. The van der Waals surface area contributed by atoms with Gasteiger partial charge in [-0.3, -0.25) is 4.79 Å². The normalized spacial score (nSPS) is 18.4. The van der Waals surface area contributed by atoms with E-state index in [0.29, 0.717) is 44.4 Å². The van der Waals surface area contributed by atoms with Gasteiger partial charge in [0.1, 0.15) is 5.60 Å². The maximum atomic E-state index is 10.5. The van der Waals surface area contributed by atoms with Crippen molar-refractivity contribution in [1.82, 2.24) is 10.1 Å². The molecule has 0 saturated carbocycles. The average molecular weight is 270 g/mol. The van der Waals surface area contributed by atoms with E-state index in [2.05, 4.69) is 10.1 Å². The lowest BCUT2D eigenvalue weighted by Gasteiger charge is -2.33. The Morgan fingerprint density at radius 3 is 2.84 bits per heavy atom. The van der Waals surface area contributed by atoms with Crippen LogP contribution in [-0.4, -0.2) is 41.0 Å². The van der Waals surface area contributed by atoms with Gasteiger partial charge in [-0.25, -0.2) is 0 Å². The van der Waals surface area contributed by atoms with Crippen LogP contribution in [0, 0.1) is 0 Å². The fourth-order valence-corrected chi connectivity index (χ4v) is 2.17. The zero-order valence-electron chi connectivity index (χ0n) is 10.9. The summed E-state index contributed by atoms with van der Waals surface area (Å²) in [4.78, 5) is 14.8. The highest BCUT2D eigenvalue weighted by Gasteiger charge is 2.39. The van der Waals surface area contributed by atoms with E-state index in [1.54, 1.807) is 0 Å². The molecular weight excluding hydrogens is 252 g/mol. The minimum atomic E-state index is -0.884. The zero-order valence-corrected chi connectivity index (χ0v) is 10.9. The predicted octanol–water partition coefficient (Wildman–Crippen LogP) is 1.13. The van der Waals surface area contributed by atoms with E-state index < -0.39 is 11.6 Å². The topological polar surface area (TPSA) is 94.7 Å². The molecule has 2 rings (SSSR count). The van der Waals surface area contributed by atoms with E-state index >= 15 is 0 Å². The molecule has 0 amide bonds. The highest BCUT2D eigenvalue weighted by molar-refractivity contribution is 5.66. The summed E-state index contributed by atoms with van der Waals surface area (Å²) < 4.78 is 16.2. The van der Waals surface area contributed by atoms with Crippen LogP contribution in [0.25, 0.3) is 0 Å². The molecule has 7 heteroatoms. The summed E-state index contributed by atoms with van der Waals surface area (Å²) in [7, 11) is 0. The maximum absolute atomic E-state index is 10.5. The monoisotopic (exact) mass is 270 g/mol. The number of carbonyl (C=O) groups is 1. The molecule has 0 radical (unpaired) electrons. The van der Waals surface area contributed by atoms with Crippen molar-refractivity contribution in [2.24, 2.45) is 0 Å². The van der Waals surface area contributed by atoms with Gasteiger partial charge in [0.25, 0.3) is 0 Å². The Balaban J connectivity index is 2.11. The Kier molecular flexibility index (Phi) is 4.49. The van der Waals surface area contributed by atoms with Gasteiger partial charge in [-0.15, -0.1) is 0 Å². The summed E-state index contributed by atoms with van der Waals surface area (Å²) in [6, 6.07) is 0. The fraction of sp³-hybridized carbons (Fsp3) is 0.750.